The summed E-state index contributed by atoms with van der Waals surface area (Å²) in [5, 5.41) is 7.05. The first-order valence-corrected chi connectivity index (χ1v) is 8.61. The van der Waals surface area contributed by atoms with E-state index in [4.69, 9.17) is 4.74 Å². The Morgan fingerprint density at radius 1 is 1.30 bits per heavy atom. The molecule has 4 heteroatoms. The maximum absolute atomic E-state index is 12.0. The Kier molecular flexibility index (Phi) is 5.47. The highest BCUT2D eigenvalue weighted by molar-refractivity contribution is 5.79. The number of hydrogen-bond acceptors (Lipinski definition) is 4. The van der Waals surface area contributed by atoms with Crippen molar-refractivity contribution in [3.05, 3.63) is 47.0 Å². The van der Waals surface area contributed by atoms with Crippen molar-refractivity contribution >= 4 is 5.97 Å². The third kappa shape index (κ3) is 3.82. The van der Waals surface area contributed by atoms with Gasteiger partial charge in [0.05, 0.1) is 19.2 Å². The molecule has 0 spiro atoms. The Balaban J connectivity index is 1.64. The number of hydrogen-bond donors (Lipinski definition) is 2. The van der Waals surface area contributed by atoms with Crippen LogP contribution in [0.1, 0.15) is 55.3 Å². The lowest BCUT2D eigenvalue weighted by Crippen LogP contribution is -2.43. The first kappa shape index (κ1) is 16.2. The van der Waals surface area contributed by atoms with E-state index >= 15 is 0 Å². The Morgan fingerprint density at radius 3 is 2.87 bits per heavy atom. The van der Waals surface area contributed by atoms with Crippen molar-refractivity contribution in [1.29, 1.82) is 0 Å². The molecule has 1 aromatic carbocycles. The molecule has 0 radical (unpaired) electrons. The largest absolute Gasteiger partial charge is 0.469 e. The highest BCUT2D eigenvalue weighted by Gasteiger charge is 2.31. The Labute approximate surface area is 138 Å². The maximum atomic E-state index is 12.0. The maximum Gasteiger partial charge on any atom is 0.314 e. The van der Waals surface area contributed by atoms with Crippen LogP contribution in [-0.4, -0.2) is 26.2 Å². The molecule has 3 rings (SSSR count). The van der Waals surface area contributed by atoms with Crippen LogP contribution in [0.3, 0.4) is 0 Å². The molecule has 4 nitrogen and oxygen atoms in total. The molecule has 0 bridgehead atoms. The third-order valence-electron chi connectivity index (χ3n) is 4.87. The van der Waals surface area contributed by atoms with E-state index in [2.05, 4.69) is 22.8 Å². The third-order valence-corrected chi connectivity index (χ3v) is 4.87. The number of benzene rings is 1. The van der Waals surface area contributed by atoms with Crippen LogP contribution in [0.5, 0.6) is 0 Å². The predicted molar refractivity (Wildman–Crippen MR) is 91.1 cm³/mol. The quantitative estimate of drug-likeness (QED) is 0.648. The molecule has 0 saturated heterocycles. The van der Waals surface area contributed by atoms with Crippen molar-refractivity contribution in [2.24, 2.45) is 0 Å². The van der Waals surface area contributed by atoms with Crippen LogP contribution < -0.4 is 10.6 Å². The Bertz CT molecular complexity index is 582. The zero-order valence-electron chi connectivity index (χ0n) is 13.8. The van der Waals surface area contributed by atoms with Gasteiger partial charge >= 0.3 is 5.97 Å². The molecule has 1 aliphatic carbocycles. The standard InChI is InChI=1S/C19H26N2O2/c1-23-19(22)17-13-21-18(16-10-6-5-9-15(16)17)20-12-11-14-7-3-2-4-8-14/h5-7,9-10,17-18,20-21H,2-4,8,11-13H2,1H3. The molecule has 0 saturated carbocycles. The lowest BCUT2D eigenvalue weighted by atomic mass is 9.89. The number of rotatable bonds is 5. The summed E-state index contributed by atoms with van der Waals surface area (Å²) in [4.78, 5) is 12.0. The van der Waals surface area contributed by atoms with Gasteiger partial charge in [0.15, 0.2) is 0 Å². The van der Waals surface area contributed by atoms with E-state index in [1.54, 1.807) is 5.57 Å². The monoisotopic (exact) mass is 314 g/mol. The van der Waals surface area contributed by atoms with Crippen molar-refractivity contribution in [3.8, 4) is 0 Å². The number of allylic oxidation sites excluding steroid dienone is 1. The molecule has 2 unspecified atom stereocenters. The van der Waals surface area contributed by atoms with E-state index in [0.29, 0.717) is 6.54 Å². The lowest BCUT2D eigenvalue weighted by molar-refractivity contribution is -0.142. The average molecular weight is 314 g/mol. The molecule has 23 heavy (non-hydrogen) atoms. The minimum Gasteiger partial charge on any atom is -0.469 e. The summed E-state index contributed by atoms with van der Waals surface area (Å²) in [5.41, 5.74) is 3.82. The molecule has 2 N–H and O–H groups in total. The van der Waals surface area contributed by atoms with E-state index in [0.717, 1.165) is 24.1 Å². The lowest BCUT2D eigenvalue weighted by Gasteiger charge is -2.32. The average Bonchev–Trinajstić information content (AvgIpc) is 2.62. The summed E-state index contributed by atoms with van der Waals surface area (Å²) in [5.74, 6) is -0.383. The molecule has 1 aromatic rings. The predicted octanol–water partition coefficient (Wildman–Crippen LogP) is 3.03. The van der Waals surface area contributed by atoms with Gasteiger partial charge in [0, 0.05) is 13.1 Å². The van der Waals surface area contributed by atoms with Gasteiger partial charge in [-0.25, -0.2) is 0 Å². The van der Waals surface area contributed by atoms with Crippen molar-refractivity contribution in [1.82, 2.24) is 10.6 Å². The van der Waals surface area contributed by atoms with Gasteiger partial charge in [-0.3, -0.25) is 15.4 Å². The summed E-state index contributed by atoms with van der Waals surface area (Å²) >= 11 is 0. The second-order valence-electron chi connectivity index (χ2n) is 6.36. The van der Waals surface area contributed by atoms with Crippen molar-refractivity contribution in [3.63, 3.8) is 0 Å². The van der Waals surface area contributed by atoms with E-state index in [-0.39, 0.29) is 18.1 Å². The minimum absolute atomic E-state index is 0.108. The van der Waals surface area contributed by atoms with Gasteiger partial charge in [-0.15, -0.1) is 0 Å². The molecule has 0 aromatic heterocycles. The number of methoxy groups -OCH3 is 1. The van der Waals surface area contributed by atoms with Crippen LogP contribution in [0.15, 0.2) is 35.9 Å². The fourth-order valence-electron chi connectivity index (χ4n) is 3.59. The summed E-state index contributed by atoms with van der Waals surface area (Å²) in [6.07, 6.45) is 8.78. The summed E-state index contributed by atoms with van der Waals surface area (Å²) < 4.78 is 4.94. The van der Waals surface area contributed by atoms with Gasteiger partial charge in [0.25, 0.3) is 0 Å². The Hall–Kier alpha value is -1.65. The van der Waals surface area contributed by atoms with E-state index < -0.39 is 0 Å². The van der Waals surface area contributed by atoms with Crippen LogP contribution in [-0.2, 0) is 9.53 Å². The number of esters is 1. The number of carbonyl (C=O) groups excluding carboxylic acids is 1. The normalized spacial score (nSPS) is 23.8. The number of carbonyl (C=O) groups is 1. The topological polar surface area (TPSA) is 50.4 Å². The van der Waals surface area contributed by atoms with Crippen molar-refractivity contribution in [2.75, 3.05) is 20.2 Å². The fraction of sp³-hybridized carbons (Fsp3) is 0.526. The molecule has 2 aliphatic rings. The molecule has 0 fully saturated rings. The smallest absolute Gasteiger partial charge is 0.314 e. The van der Waals surface area contributed by atoms with Gasteiger partial charge in [0.2, 0.25) is 0 Å². The van der Waals surface area contributed by atoms with Crippen LogP contribution in [0.2, 0.25) is 0 Å². The summed E-state index contributed by atoms with van der Waals surface area (Å²) in [6, 6.07) is 8.15. The summed E-state index contributed by atoms with van der Waals surface area (Å²) in [7, 11) is 1.45. The number of nitrogens with one attached hydrogen (secondary N) is 2. The molecule has 124 valence electrons. The van der Waals surface area contributed by atoms with Crippen molar-refractivity contribution < 1.29 is 9.53 Å². The fourth-order valence-corrected chi connectivity index (χ4v) is 3.59. The highest BCUT2D eigenvalue weighted by Crippen LogP contribution is 2.29. The molecule has 1 aliphatic heterocycles. The van der Waals surface area contributed by atoms with Crippen LogP contribution >= 0.6 is 0 Å². The Morgan fingerprint density at radius 2 is 2.13 bits per heavy atom. The zero-order valence-corrected chi connectivity index (χ0v) is 13.8. The van der Waals surface area contributed by atoms with Gasteiger partial charge in [-0.1, -0.05) is 35.9 Å². The molecule has 1 heterocycles. The zero-order chi connectivity index (χ0) is 16.1. The second kappa shape index (κ2) is 7.75. The molecular weight excluding hydrogens is 288 g/mol. The van der Waals surface area contributed by atoms with Crippen LogP contribution in [0.25, 0.3) is 0 Å². The van der Waals surface area contributed by atoms with Crippen molar-refractivity contribution in [2.45, 2.75) is 44.2 Å². The molecular formula is C19H26N2O2. The highest BCUT2D eigenvalue weighted by atomic mass is 16.5. The van der Waals surface area contributed by atoms with Crippen LogP contribution in [0, 0.1) is 0 Å². The van der Waals surface area contributed by atoms with Gasteiger partial charge in [-0.05, 0) is 43.2 Å². The number of fused-ring (bicyclic) bond motifs is 1. The molecule has 0 amide bonds. The molecule has 2 atom stereocenters. The number of ether oxygens (including phenoxy) is 1. The van der Waals surface area contributed by atoms with Gasteiger partial charge in [-0.2, -0.15) is 0 Å². The van der Waals surface area contributed by atoms with Crippen LogP contribution in [0.4, 0.5) is 0 Å². The van der Waals surface area contributed by atoms with Gasteiger partial charge < -0.3 is 4.74 Å². The first-order valence-electron chi connectivity index (χ1n) is 8.61. The van der Waals surface area contributed by atoms with E-state index in [9.17, 15) is 4.79 Å². The summed E-state index contributed by atoms with van der Waals surface area (Å²) in [6.45, 7) is 1.57. The van der Waals surface area contributed by atoms with E-state index in [1.807, 2.05) is 18.2 Å². The first-order chi connectivity index (χ1) is 11.3. The SMILES string of the molecule is COC(=O)C1CNC(NCCC2=CCCCC2)c2ccccc21. The second-order valence-corrected chi connectivity index (χ2v) is 6.36. The van der Waals surface area contributed by atoms with Gasteiger partial charge in [0.1, 0.15) is 0 Å². The van der Waals surface area contributed by atoms with E-state index in [1.165, 1.54) is 32.8 Å². The minimum atomic E-state index is -0.213.